The standard InChI is InChI=1S/C10H13N3O/c1-3-8(4-6-11)10(14)9-5-7-12-13(9)2/h5,7-8H,3-4H2,1-2H3. The van der Waals surface area contributed by atoms with Gasteiger partial charge in [0.1, 0.15) is 5.69 Å². The molecule has 0 aliphatic rings. The molecule has 0 aliphatic carbocycles. The summed E-state index contributed by atoms with van der Waals surface area (Å²) in [5, 5.41) is 12.5. The van der Waals surface area contributed by atoms with Gasteiger partial charge in [-0.3, -0.25) is 9.48 Å². The average Bonchev–Trinajstić information content (AvgIpc) is 2.59. The van der Waals surface area contributed by atoms with Gasteiger partial charge in [-0.15, -0.1) is 0 Å². The number of hydrogen-bond acceptors (Lipinski definition) is 3. The zero-order valence-corrected chi connectivity index (χ0v) is 8.40. The van der Waals surface area contributed by atoms with Crippen LogP contribution in [0, 0.1) is 17.2 Å². The Morgan fingerprint density at radius 1 is 1.79 bits per heavy atom. The van der Waals surface area contributed by atoms with Crippen molar-refractivity contribution in [2.45, 2.75) is 19.8 Å². The van der Waals surface area contributed by atoms with E-state index < -0.39 is 0 Å². The Labute approximate surface area is 83.1 Å². The van der Waals surface area contributed by atoms with Gasteiger partial charge in [0.25, 0.3) is 0 Å². The van der Waals surface area contributed by atoms with Gasteiger partial charge in [0, 0.05) is 25.6 Å². The number of hydrogen-bond donors (Lipinski definition) is 0. The minimum absolute atomic E-state index is 0.00838. The second-order valence-electron chi connectivity index (χ2n) is 3.17. The molecule has 1 aromatic heterocycles. The summed E-state index contributed by atoms with van der Waals surface area (Å²) in [5.74, 6) is -0.190. The van der Waals surface area contributed by atoms with E-state index in [2.05, 4.69) is 5.10 Å². The quantitative estimate of drug-likeness (QED) is 0.678. The van der Waals surface area contributed by atoms with Gasteiger partial charge >= 0.3 is 0 Å². The molecule has 4 heteroatoms. The van der Waals surface area contributed by atoms with Crippen molar-refractivity contribution in [3.05, 3.63) is 18.0 Å². The first-order valence-corrected chi connectivity index (χ1v) is 4.59. The summed E-state index contributed by atoms with van der Waals surface area (Å²) in [5.41, 5.74) is 0.576. The molecule has 1 rings (SSSR count). The summed E-state index contributed by atoms with van der Waals surface area (Å²) in [6.07, 6.45) is 2.56. The molecule has 0 radical (unpaired) electrons. The Morgan fingerprint density at radius 3 is 2.93 bits per heavy atom. The molecule has 0 spiro atoms. The van der Waals surface area contributed by atoms with Crippen LogP contribution in [0.1, 0.15) is 30.3 Å². The number of Topliss-reactive ketones (excluding diaryl/α,β-unsaturated/α-hetero) is 1. The lowest BCUT2D eigenvalue weighted by atomic mass is 9.96. The van der Waals surface area contributed by atoms with Gasteiger partial charge in [-0.2, -0.15) is 10.4 Å². The number of rotatable bonds is 4. The van der Waals surface area contributed by atoms with E-state index in [4.69, 9.17) is 5.26 Å². The molecule has 0 aliphatic heterocycles. The fourth-order valence-electron chi connectivity index (χ4n) is 1.36. The van der Waals surface area contributed by atoms with Gasteiger partial charge in [0.2, 0.25) is 0 Å². The second kappa shape index (κ2) is 4.56. The van der Waals surface area contributed by atoms with Crippen LogP contribution in [0.2, 0.25) is 0 Å². The molecule has 4 nitrogen and oxygen atoms in total. The van der Waals surface area contributed by atoms with Crippen molar-refractivity contribution in [3.63, 3.8) is 0 Å². The Bertz CT molecular complexity index is 362. The maximum absolute atomic E-state index is 11.8. The zero-order chi connectivity index (χ0) is 10.6. The van der Waals surface area contributed by atoms with Gasteiger partial charge in [-0.1, -0.05) is 6.92 Å². The number of aromatic nitrogens is 2. The van der Waals surface area contributed by atoms with Crippen molar-refractivity contribution in [1.82, 2.24) is 9.78 Å². The van der Waals surface area contributed by atoms with Crippen LogP contribution in [0.15, 0.2) is 12.3 Å². The van der Waals surface area contributed by atoms with E-state index in [1.807, 2.05) is 13.0 Å². The summed E-state index contributed by atoms with van der Waals surface area (Å²) in [4.78, 5) is 11.8. The maximum Gasteiger partial charge on any atom is 0.184 e. The second-order valence-corrected chi connectivity index (χ2v) is 3.17. The molecule has 1 atom stereocenters. The molecule has 0 fully saturated rings. The van der Waals surface area contributed by atoms with Crippen LogP contribution < -0.4 is 0 Å². The predicted octanol–water partition coefficient (Wildman–Crippen LogP) is 1.54. The van der Waals surface area contributed by atoms with E-state index >= 15 is 0 Å². The Morgan fingerprint density at radius 2 is 2.50 bits per heavy atom. The molecular weight excluding hydrogens is 178 g/mol. The van der Waals surface area contributed by atoms with Crippen LogP contribution in [0.25, 0.3) is 0 Å². The van der Waals surface area contributed by atoms with Gasteiger partial charge in [-0.05, 0) is 12.5 Å². The van der Waals surface area contributed by atoms with E-state index in [9.17, 15) is 4.79 Å². The summed E-state index contributed by atoms with van der Waals surface area (Å²) >= 11 is 0. The van der Waals surface area contributed by atoms with Crippen molar-refractivity contribution < 1.29 is 4.79 Å². The van der Waals surface area contributed by atoms with Crippen molar-refractivity contribution in [1.29, 1.82) is 5.26 Å². The highest BCUT2D eigenvalue weighted by atomic mass is 16.1. The summed E-state index contributed by atoms with van der Waals surface area (Å²) in [6.45, 7) is 1.91. The number of nitriles is 1. The number of nitrogens with zero attached hydrogens (tertiary/aromatic N) is 3. The van der Waals surface area contributed by atoms with E-state index in [1.165, 1.54) is 0 Å². The molecule has 1 unspecified atom stereocenters. The van der Waals surface area contributed by atoms with Crippen molar-refractivity contribution in [2.75, 3.05) is 0 Å². The smallest absolute Gasteiger partial charge is 0.184 e. The molecule has 14 heavy (non-hydrogen) atoms. The highest BCUT2D eigenvalue weighted by molar-refractivity contribution is 5.96. The largest absolute Gasteiger partial charge is 0.292 e. The summed E-state index contributed by atoms with van der Waals surface area (Å²) in [6, 6.07) is 3.71. The minimum Gasteiger partial charge on any atom is -0.292 e. The molecule has 0 bridgehead atoms. The molecule has 74 valence electrons. The fraction of sp³-hybridized carbons (Fsp3) is 0.500. The Balaban J connectivity index is 2.84. The summed E-state index contributed by atoms with van der Waals surface area (Å²) in [7, 11) is 1.73. The van der Waals surface area contributed by atoms with Gasteiger partial charge in [0.05, 0.1) is 6.07 Å². The molecule has 0 N–H and O–H groups in total. The van der Waals surface area contributed by atoms with Crippen molar-refractivity contribution in [2.24, 2.45) is 13.0 Å². The van der Waals surface area contributed by atoms with Crippen LogP contribution in [-0.4, -0.2) is 15.6 Å². The zero-order valence-electron chi connectivity index (χ0n) is 8.40. The highest BCUT2D eigenvalue weighted by Gasteiger charge is 2.20. The van der Waals surface area contributed by atoms with Crippen LogP contribution in [-0.2, 0) is 7.05 Å². The minimum atomic E-state index is -0.199. The normalized spacial score (nSPS) is 12.1. The van der Waals surface area contributed by atoms with Gasteiger partial charge < -0.3 is 0 Å². The first-order chi connectivity index (χ1) is 6.70. The topological polar surface area (TPSA) is 58.7 Å². The van der Waals surface area contributed by atoms with Crippen molar-refractivity contribution in [3.8, 4) is 6.07 Å². The van der Waals surface area contributed by atoms with E-state index in [1.54, 1.807) is 24.0 Å². The number of carbonyl (C=O) groups is 1. The Kier molecular flexibility index (Phi) is 3.41. The predicted molar refractivity (Wildman–Crippen MR) is 51.5 cm³/mol. The van der Waals surface area contributed by atoms with Crippen molar-refractivity contribution >= 4 is 5.78 Å². The van der Waals surface area contributed by atoms with Crippen LogP contribution >= 0.6 is 0 Å². The number of carbonyl (C=O) groups excluding carboxylic acids is 1. The SMILES string of the molecule is CCC(CC#N)C(=O)c1ccnn1C. The average molecular weight is 191 g/mol. The number of aryl methyl sites for hydroxylation is 1. The number of ketones is 1. The van der Waals surface area contributed by atoms with Gasteiger partial charge in [0.15, 0.2) is 5.78 Å². The van der Waals surface area contributed by atoms with E-state index in [0.717, 1.165) is 0 Å². The molecule has 0 aromatic carbocycles. The lowest BCUT2D eigenvalue weighted by Crippen LogP contribution is -2.17. The third kappa shape index (κ3) is 1.99. The lowest BCUT2D eigenvalue weighted by molar-refractivity contribution is 0.0909. The maximum atomic E-state index is 11.8. The summed E-state index contributed by atoms with van der Waals surface area (Å²) < 4.78 is 1.54. The molecule has 0 amide bonds. The molecule has 1 heterocycles. The first-order valence-electron chi connectivity index (χ1n) is 4.59. The van der Waals surface area contributed by atoms with Crippen LogP contribution in [0.5, 0.6) is 0 Å². The monoisotopic (exact) mass is 191 g/mol. The highest BCUT2D eigenvalue weighted by Crippen LogP contribution is 2.14. The van der Waals surface area contributed by atoms with E-state index in [0.29, 0.717) is 12.1 Å². The third-order valence-corrected chi connectivity index (χ3v) is 2.27. The third-order valence-electron chi connectivity index (χ3n) is 2.27. The first kappa shape index (κ1) is 10.5. The molecule has 0 saturated carbocycles. The fourth-order valence-corrected chi connectivity index (χ4v) is 1.36. The Hall–Kier alpha value is -1.63. The molecule has 0 saturated heterocycles. The van der Waals surface area contributed by atoms with E-state index in [-0.39, 0.29) is 18.1 Å². The van der Waals surface area contributed by atoms with Crippen LogP contribution in [0.3, 0.4) is 0 Å². The molecule has 1 aromatic rings. The van der Waals surface area contributed by atoms with Gasteiger partial charge in [-0.25, -0.2) is 0 Å². The van der Waals surface area contributed by atoms with Crippen LogP contribution in [0.4, 0.5) is 0 Å². The lowest BCUT2D eigenvalue weighted by Gasteiger charge is -2.09. The molecular formula is C10H13N3O.